The standard InChI is InChI=1S/C16H16N4O3S/c1-23-14-6-4-5-13(9-14)10-19-24(21,22)15-11-18-20(12-15)16-7-2-3-8-17-16/h2-9,11-12,19H,10H2,1H3. The van der Waals surface area contributed by atoms with E-state index in [0.717, 1.165) is 5.56 Å². The Labute approximate surface area is 140 Å². The summed E-state index contributed by atoms with van der Waals surface area (Å²) in [5, 5.41) is 4.05. The van der Waals surface area contributed by atoms with Crippen LogP contribution in [0.5, 0.6) is 5.75 Å². The number of sulfonamides is 1. The predicted molar refractivity (Wildman–Crippen MR) is 88.4 cm³/mol. The molecule has 0 saturated carbocycles. The molecule has 3 rings (SSSR count). The summed E-state index contributed by atoms with van der Waals surface area (Å²) in [5.74, 6) is 1.22. The van der Waals surface area contributed by atoms with Gasteiger partial charge in [0.1, 0.15) is 10.6 Å². The van der Waals surface area contributed by atoms with Crippen LogP contribution in [-0.4, -0.2) is 30.3 Å². The van der Waals surface area contributed by atoms with Gasteiger partial charge in [0, 0.05) is 12.7 Å². The highest BCUT2D eigenvalue weighted by Crippen LogP contribution is 2.14. The van der Waals surface area contributed by atoms with Crippen molar-refractivity contribution in [2.45, 2.75) is 11.4 Å². The summed E-state index contributed by atoms with van der Waals surface area (Å²) in [4.78, 5) is 4.21. The lowest BCUT2D eigenvalue weighted by Gasteiger charge is -2.06. The first-order valence-corrected chi connectivity index (χ1v) is 8.65. The molecule has 0 aliphatic heterocycles. The molecule has 0 fully saturated rings. The van der Waals surface area contributed by atoms with E-state index in [2.05, 4.69) is 14.8 Å². The average Bonchev–Trinajstić information content (AvgIpc) is 3.12. The quantitative estimate of drug-likeness (QED) is 0.736. The maximum absolute atomic E-state index is 12.4. The van der Waals surface area contributed by atoms with Crippen molar-refractivity contribution in [1.29, 1.82) is 0 Å². The monoisotopic (exact) mass is 344 g/mol. The molecule has 24 heavy (non-hydrogen) atoms. The molecule has 0 atom stereocenters. The molecule has 1 aromatic carbocycles. The highest BCUT2D eigenvalue weighted by atomic mass is 32.2. The van der Waals surface area contributed by atoms with Crippen molar-refractivity contribution in [2.24, 2.45) is 0 Å². The number of rotatable bonds is 6. The Balaban J connectivity index is 1.75. The van der Waals surface area contributed by atoms with Crippen molar-refractivity contribution in [1.82, 2.24) is 19.5 Å². The minimum atomic E-state index is -3.67. The van der Waals surface area contributed by atoms with Crippen molar-refractivity contribution >= 4 is 10.0 Å². The van der Waals surface area contributed by atoms with Gasteiger partial charge in [-0.3, -0.25) is 0 Å². The van der Waals surface area contributed by atoms with Crippen molar-refractivity contribution in [3.05, 3.63) is 66.6 Å². The van der Waals surface area contributed by atoms with E-state index in [9.17, 15) is 8.42 Å². The fraction of sp³-hybridized carbons (Fsp3) is 0.125. The Morgan fingerprint density at radius 1 is 1.21 bits per heavy atom. The number of benzene rings is 1. The number of hydrogen-bond donors (Lipinski definition) is 1. The Bertz CT molecular complexity index is 923. The predicted octanol–water partition coefficient (Wildman–Crippen LogP) is 1.75. The summed E-state index contributed by atoms with van der Waals surface area (Å²) in [6, 6.07) is 12.5. The normalized spacial score (nSPS) is 11.4. The zero-order valence-corrected chi connectivity index (χ0v) is 13.8. The van der Waals surface area contributed by atoms with Crippen LogP contribution in [-0.2, 0) is 16.6 Å². The number of nitrogens with one attached hydrogen (secondary N) is 1. The van der Waals surface area contributed by atoms with E-state index in [4.69, 9.17) is 4.74 Å². The van der Waals surface area contributed by atoms with Crippen LogP contribution in [0.25, 0.3) is 5.82 Å². The van der Waals surface area contributed by atoms with Crippen molar-refractivity contribution < 1.29 is 13.2 Å². The van der Waals surface area contributed by atoms with Gasteiger partial charge in [-0.05, 0) is 29.8 Å². The summed E-state index contributed by atoms with van der Waals surface area (Å²) in [5.41, 5.74) is 0.801. The minimum absolute atomic E-state index is 0.0797. The van der Waals surface area contributed by atoms with Gasteiger partial charge in [0.15, 0.2) is 5.82 Å². The molecule has 0 aliphatic carbocycles. The molecule has 0 bridgehead atoms. The number of ether oxygens (including phenoxy) is 1. The van der Waals surface area contributed by atoms with E-state index in [-0.39, 0.29) is 11.4 Å². The van der Waals surface area contributed by atoms with Crippen LogP contribution in [0.2, 0.25) is 0 Å². The van der Waals surface area contributed by atoms with Gasteiger partial charge in [0.25, 0.3) is 0 Å². The third-order valence-electron chi connectivity index (χ3n) is 3.35. The first-order chi connectivity index (χ1) is 11.6. The molecule has 0 saturated heterocycles. The second kappa shape index (κ2) is 6.81. The smallest absolute Gasteiger partial charge is 0.244 e. The highest BCUT2D eigenvalue weighted by Gasteiger charge is 2.17. The Morgan fingerprint density at radius 2 is 2.08 bits per heavy atom. The van der Waals surface area contributed by atoms with Crippen molar-refractivity contribution in [2.75, 3.05) is 7.11 Å². The molecule has 124 valence electrons. The van der Waals surface area contributed by atoms with Crippen LogP contribution in [0.3, 0.4) is 0 Å². The van der Waals surface area contributed by atoms with Crippen LogP contribution in [0, 0.1) is 0 Å². The molecule has 2 heterocycles. The largest absolute Gasteiger partial charge is 0.497 e. The van der Waals surface area contributed by atoms with Gasteiger partial charge in [-0.1, -0.05) is 18.2 Å². The number of methoxy groups -OCH3 is 1. The number of aromatic nitrogens is 3. The van der Waals surface area contributed by atoms with Gasteiger partial charge < -0.3 is 4.74 Å². The van der Waals surface area contributed by atoms with Crippen molar-refractivity contribution in [3.8, 4) is 11.6 Å². The first kappa shape index (κ1) is 16.2. The van der Waals surface area contributed by atoms with Gasteiger partial charge in [0.05, 0.1) is 19.5 Å². The zero-order chi connectivity index (χ0) is 17.0. The second-order valence-electron chi connectivity index (χ2n) is 4.98. The zero-order valence-electron chi connectivity index (χ0n) is 13.0. The topological polar surface area (TPSA) is 86.1 Å². The molecular formula is C16H16N4O3S. The lowest BCUT2D eigenvalue weighted by Crippen LogP contribution is -2.22. The fourth-order valence-corrected chi connectivity index (χ4v) is 3.05. The van der Waals surface area contributed by atoms with Gasteiger partial charge >= 0.3 is 0 Å². The molecule has 2 aromatic heterocycles. The molecule has 0 spiro atoms. The van der Waals surface area contributed by atoms with E-state index in [1.807, 2.05) is 12.1 Å². The van der Waals surface area contributed by atoms with E-state index < -0.39 is 10.0 Å². The first-order valence-electron chi connectivity index (χ1n) is 7.17. The molecule has 3 aromatic rings. The van der Waals surface area contributed by atoms with Crippen LogP contribution in [0.15, 0.2) is 66.0 Å². The Kier molecular flexibility index (Phi) is 4.59. The second-order valence-corrected chi connectivity index (χ2v) is 6.75. The van der Waals surface area contributed by atoms with Gasteiger partial charge in [-0.15, -0.1) is 0 Å². The summed E-state index contributed by atoms with van der Waals surface area (Å²) >= 11 is 0. The third kappa shape index (κ3) is 3.61. The number of nitrogens with zero attached hydrogens (tertiary/aromatic N) is 3. The lowest BCUT2D eigenvalue weighted by atomic mass is 10.2. The van der Waals surface area contributed by atoms with Gasteiger partial charge in [-0.25, -0.2) is 22.8 Å². The summed E-state index contributed by atoms with van der Waals surface area (Å²) in [6.07, 6.45) is 4.34. The molecule has 0 aliphatic rings. The van der Waals surface area contributed by atoms with Crippen molar-refractivity contribution in [3.63, 3.8) is 0 Å². The molecule has 8 heteroatoms. The van der Waals surface area contributed by atoms with Gasteiger partial charge in [-0.2, -0.15) is 5.10 Å². The van der Waals surface area contributed by atoms with Crippen LogP contribution < -0.4 is 9.46 Å². The molecule has 1 N–H and O–H groups in total. The van der Waals surface area contributed by atoms with E-state index in [0.29, 0.717) is 11.6 Å². The third-order valence-corrected chi connectivity index (χ3v) is 4.71. The van der Waals surface area contributed by atoms with Gasteiger partial charge in [0.2, 0.25) is 10.0 Å². The summed E-state index contributed by atoms with van der Waals surface area (Å²) in [6.45, 7) is 0.161. The summed E-state index contributed by atoms with van der Waals surface area (Å²) < 4.78 is 33.9. The molecule has 0 amide bonds. The maximum Gasteiger partial charge on any atom is 0.244 e. The Morgan fingerprint density at radius 3 is 2.83 bits per heavy atom. The van der Waals surface area contributed by atoms with Crippen LogP contribution >= 0.6 is 0 Å². The Hall–Kier alpha value is -2.71. The molecule has 0 unspecified atom stereocenters. The van der Waals surface area contributed by atoms with E-state index in [1.54, 1.807) is 43.6 Å². The van der Waals surface area contributed by atoms with E-state index >= 15 is 0 Å². The van der Waals surface area contributed by atoms with E-state index in [1.165, 1.54) is 17.1 Å². The average molecular weight is 344 g/mol. The summed E-state index contributed by atoms with van der Waals surface area (Å²) in [7, 11) is -2.10. The molecule has 0 radical (unpaired) electrons. The SMILES string of the molecule is COc1cccc(CNS(=O)(=O)c2cnn(-c3ccccn3)c2)c1. The number of pyridine rings is 1. The van der Waals surface area contributed by atoms with Crippen LogP contribution in [0.1, 0.15) is 5.56 Å². The number of hydrogen-bond acceptors (Lipinski definition) is 5. The fourth-order valence-electron chi connectivity index (χ4n) is 2.10. The lowest BCUT2D eigenvalue weighted by molar-refractivity contribution is 0.414. The molecule has 7 nitrogen and oxygen atoms in total. The maximum atomic E-state index is 12.4. The van der Waals surface area contributed by atoms with Crippen LogP contribution in [0.4, 0.5) is 0 Å². The minimum Gasteiger partial charge on any atom is -0.497 e. The highest BCUT2D eigenvalue weighted by molar-refractivity contribution is 7.89. The molecular weight excluding hydrogens is 328 g/mol.